The molecule has 3 N–H and O–H groups in total. The molecular weight excluding hydrogens is 203 g/mol. The van der Waals surface area contributed by atoms with Gasteiger partial charge < -0.3 is 19.6 Å². The van der Waals surface area contributed by atoms with Crippen LogP contribution in [0, 0.1) is 0 Å². The summed E-state index contributed by atoms with van der Waals surface area (Å²) in [6.07, 6.45) is 0. The van der Waals surface area contributed by atoms with E-state index in [0.717, 1.165) is 0 Å². The Morgan fingerprint density at radius 3 is 2.38 bits per heavy atom. The first kappa shape index (κ1) is 12.3. The fraction of sp³-hybridized carbons (Fsp3) is 0.400. The van der Waals surface area contributed by atoms with Crippen LogP contribution in [-0.4, -0.2) is 34.3 Å². The van der Waals surface area contributed by atoms with Crippen molar-refractivity contribution in [3.63, 3.8) is 0 Å². The molecule has 0 aromatic heterocycles. The Morgan fingerprint density at radius 1 is 1.46 bits per heavy atom. The molecule has 0 saturated carbocycles. The highest BCUT2D eigenvalue weighted by Crippen LogP contribution is 2.35. The molecule has 0 aliphatic rings. The van der Waals surface area contributed by atoms with Crippen molar-refractivity contribution >= 4 is 13.8 Å². The van der Waals surface area contributed by atoms with Crippen molar-refractivity contribution in [2.75, 3.05) is 13.4 Å². The fourth-order valence-electron chi connectivity index (χ4n) is 0.333. The van der Waals surface area contributed by atoms with E-state index in [1.807, 2.05) is 0 Å². The van der Waals surface area contributed by atoms with E-state index < -0.39 is 20.6 Å². The number of carbonyl (C=O) groups is 1. The van der Waals surface area contributed by atoms with E-state index in [4.69, 9.17) is 14.9 Å². The standard InChI is InChI=1S/C5H9O7P/c1-4(5(6)7)2-11-3-12-13(8,9)10/h1-3H2,(H,6,7)(H2,8,9,10). The van der Waals surface area contributed by atoms with Crippen LogP contribution in [0.25, 0.3) is 0 Å². The number of carboxylic acids is 1. The van der Waals surface area contributed by atoms with Gasteiger partial charge in [0.15, 0.2) is 6.79 Å². The van der Waals surface area contributed by atoms with E-state index in [1.54, 1.807) is 0 Å². The number of phosphoric ester groups is 1. The molecule has 0 unspecified atom stereocenters. The smallest absolute Gasteiger partial charge is 0.471 e. The lowest BCUT2D eigenvalue weighted by molar-refractivity contribution is -0.133. The molecule has 76 valence electrons. The van der Waals surface area contributed by atoms with Gasteiger partial charge in [-0.25, -0.2) is 9.36 Å². The van der Waals surface area contributed by atoms with Gasteiger partial charge >= 0.3 is 13.8 Å². The molecule has 13 heavy (non-hydrogen) atoms. The molecule has 0 aromatic rings. The van der Waals surface area contributed by atoms with Gasteiger partial charge in [-0.15, -0.1) is 0 Å². The van der Waals surface area contributed by atoms with E-state index in [2.05, 4.69) is 15.8 Å². The molecule has 0 amide bonds. The molecule has 7 nitrogen and oxygen atoms in total. The zero-order valence-corrected chi connectivity index (χ0v) is 7.44. The molecule has 0 aliphatic carbocycles. The van der Waals surface area contributed by atoms with Gasteiger partial charge in [-0.1, -0.05) is 6.58 Å². The van der Waals surface area contributed by atoms with Gasteiger partial charge in [0.05, 0.1) is 12.2 Å². The van der Waals surface area contributed by atoms with Crippen LogP contribution < -0.4 is 0 Å². The van der Waals surface area contributed by atoms with Crippen LogP contribution in [0.3, 0.4) is 0 Å². The molecule has 0 aromatic carbocycles. The SMILES string of the molecule is C=C(COCOP(=O)(O)O)C(=O)O. The maximum atomic E-state index is 10.1. The van der Waals surface area contributed by atoms with Gasteiger partial charge in [-0.2, -0.15) is 0 Å². The Hall–Kier alpha value is -0.720. The Labute approximate surface area is 73.8 Å². The Morgan fingerprint density at radius 2 is 2.00 bits per heavy atom. The molecule has 0 atom stereocenters. The van der Waals surface area contributed by atoms with Crippen LogP contribution in [0.1, 0.15) is 0 Å². The zero-order valence-electron chi connectivity index (χ0n) is 6.54. The highest BCUT2D eigenvalue weighted by atomic mass is 31.2. The maximum Gasteiger partial charge on any atom is 0.471 e. The van der Waals surface area contributed by atoms with Crippen molar-refractivity contribution in [3.8, 4) is 0 Å². The molecule has 0 spiro atoms. The summed E-state index contributed by atoms with van der Waals surface area (Å²) in [6.45, 7) is 2.08. The van der Waals surface area contributed by atoms with Gasteiger partial charge in [-0.3, -0.25) is 4.52 Å². The highest BCUT2D eigenvalue weighted by Gasteiger charge is 2.13. The number of phosphoric acid groups is 1. The number of hydrogen-bond acceptors (Lipinski definition) is 4. The monoisotopic (exact) mass is 212 g/mol. The van der Waals surface area contributed by atoms with Crippen LogP contribution >= 0.6 is 7.82 Å². The molecule has 0 aliphatic heterocycles. The molecule has 0 saturated heterocycles. The fourth-order valence-corrected chi connectivity index (χ4v) is 0.544. The lowest BCUT2D eigenvalue weighted by atomic mass is 10.3. The normalized spacial score (nSPS) is 11.2. The second kappa shape index (κ2) is 5.11. The van der Waals surface area contributed by atoms with Crippen LogP contribution in [0.4, 0.5) is 0 Å². The van der Waals surface area contributed by atoms with Gasteiger partial charge in [0, 0.05) is 0 Å². The van der Waals surface area contributed by atoms with Crippen molar-refractivity contribution in [3.05, 3.63) is 12.2 Å². The molecule has 0 bridgehead atoms. The number of rotatable bonds is 6. The number of aliphatic carboxylic acids is 1. The minimum absolute atomic E-state index is 0.227. The minimum atomic E-state index is -4.55. The summed E-state index contributed by atoms with van der Waals surface area (Å²) in [5.41, 5.74) is -0.227. The van der Waals surface area contributed by atoms with Gasteiger partial charge in [0.1, 0.15) is 0 Å². The Bertz CT molecular complexity index is 241. The molecule has 8 heteroatoms. The average Bonchev–Trinajstić information content (AvgIpc) is 1.95. The second-order valence-electron chi connectivity index (χ2n) is 1.99. The molecule has 0 radical (unpaired) electrons. The third-order valence-electron chi connectivity index (χ3n) is 0.883. The summed E-state index contributed by atoms with van der Waals surface area (Å²) in [5, 5.41) is 8.27. The lowest BCUT2D eigenvalue weighted by Crippen LogP contribution is -2.08. The molecule has 0 fully saturated rings. The van der Waals surface area contributed by atoms with E-state index in [1.165, 1.54) is 0 Å². The second-order valence-corrected chi connectivity index (χ2v) is 3.23. The van der Waals surface area contributed by atoms with Gasteiger partial charge in [0.2, 0.25) is 0 Å². The number of ether oxygens (including phenoxy) is 1. The van der Waals surface area contributed by atoms with Crippen molar-refractivity contribution < 1.29 is 33.5 Å². The summed E-state index contributed by atoms with van der Waals surface area (Å²) in [4.78, 5) is 26.4. The van der Waals surface area contributed by atoms with Crippen LogP contribution in [0.15, 0.2) is 12.2 Å². The van der Waals surface area contributed by atoms with E-state index >= 15 is 0 Å². The van der Waals surface area contributed by atoms with E-state index in [-0.39, 0.29) is 12.2 Å². The predicted molar refractivity (Wildman–Crippen MR) is 40.7 cm³/mol. The summed E-state index contributed by atoms with van der Waals surface area (Å²) >= 11 is 0. The van der Waals surface area contributed by atoms with Crippen molar-refractivity contribution in [2.24, 2.45) is 0 Å². The molecular formula is C5H9O7P. The first-order valence-corrected chi connectivity index (χ1v) is 4.55. The van der Waals surface area contributed by atoms with Crippen molar-refractivity contribution in [2.45, 2.75) is 0 Å². The maximum absolute atomic E-state index is 10.1. The first-order valence-electron chi connectivity index (χ1n) is 3.02. The number of hydrogen-bond donors (Lipinski definition) is 3. The van der Waals surface area contributed by atoms with Crippen LogP contribution in [-0.2, 0) is 18.6 Å². The minimum Gasteiger partial charge on any atom is -0.478 e. The number of carboxylic acid groups (broad SMARTS) is 1. The highest BCUT2D eigenvalue weighted by molar-refractivity contribution is 7.46. The van der Waals surface area contributed by atoms with Gasteiger partial charge in [-0.05, 0) is 0 Å². The topological polar surface area (TPSA) is 113 Å². The van der Waals surface area contributed by atoms with Gasteiger partial charge in [0.25, 0.3) is 0 Å². The summed E-state index contributed by atoms with van der Waals surface area (Å²) in [6, 6.07) is 0. The molecule has 0 rings (SSSR count). The zero-order chi connectivity index (χ0) is 10.5. The largest absolute Gasteiger partial charge is 0.478 e. The predicted octanol–water partition coefficient (Wildman–Crippen LogP) is -0.289. The molecule has 0 heterocycles. The summed E-state index contributed by atoms with van der Waals surface area (Å²) in [7, 11) is -4.55. The third-order valence-corrected chi connectivity index (χ3v) is 1.32. The quantitative estimate of drug-likeness (QED) is 0.240. The van der Waals surface area contributed by atoms with Crippen LogP contribution in [0.5, 0.6) is 0 Å². The van der Waals surface area contributed by atoms with Crippen molar-refractivity contribution in [1.29, 1.82) is 0 Å². The summed E-state index contributed by atoms with van der Waals surface area (Å²) < 4.78 is 18.4. The van der Waals surface area contributed by atoms with E-state index in [9.17, 15) is 9.36 Å². The Balaban J connectivity index is 3.53. The Kier molecular flexibility index (Phi) is 4.82. The van der Waals surface area contributed by atoms with E-state index in [0.29, 0.717) is 0 Å². The van der Waals surface area contributed by atoms with Crippen LogP contribution in [0.2, 0.25) is 0 Å². The summed E-state index contributed by atoms with van der Waals surface area (Å²) in [5.74, 6) is -1.24. The average molecular weight is 212 g/mol. The van der Waals surface area contributed by atoms with Crippen molar-refractivity contribution in [1.82, 2.24) is 0 Å². The first-order chi connectivity index (χ1) is 5.83. The third kappa shape index (κ3) is 7.63. The lowest BCUT2D eigenvalue weighted by Gasteiger charge is -2.05.